The number of carbonyl (C=O) groups is 1. The molecule has 0 spiro atoms. The first-order valence-electron chi connectivity index (χ1n) is 9.26. The second-order valence-corrected chi connectivity index (χ2v) is 6.65. The molecule has 0 saturated heterocycles. The van der Waals surface area contributed by atoms with E-state index < -0.39 is 0 Å². The molecule has 3 aromatic carbocycles. The number of benzene rings is 3. The van der Waals surface area contributed by atoms with E-state index in [-0.39, 0.29) is 11.7 Å². The molecule has 148 valence electrons. The third-order valence-corrected chi connectivity index (χ3v) is 4.45. The molecular formula is C24H24N2O3. The summed E-state index contributed by atoms with van der Waals surface area (Å²) in [5, 5.41) is 12.7. The van der Waals surface area contributed by atoms with Crippen molar-refractivity contribution in [1.29, 1.82) is 0 Å². The lowest BCUT2D eigenvalue weighted by molar-refractivity contribution is -0.111. The van der Waals surface area contributed by atoms with Gasteiger partial charge in [-0.25, -0.2) is 0 Å². The van der Waals surface area contributed by atoms with Crippen LogP contribution in [0, 0.1) is 0 Å². The molecular weight excluding hydrogens is 364 g/mol. The van der Waals surface area contributed by atoms with Gasteiger partial charge in [0.15, 0.2) is 11.5 Å². The Bertz CT molecular complexity index is 1000. The average molecular weight is 388 g/mol. The third kappa shape index (κ3) is 5.62. The predicted octanol–water partition coefficient (Wildman–Crippen LogP) is 4.69. The summed E-state index contributed by atoms with van der Waals surface area (Å²) < 4.78 is 5.02. The molecule has 1 amide bonds. The van der Waals surface area contributed by atoms with E-state index in [1.807, 2.05) is 49.5 Å². The number of carbonyl (C=O) groups excluding carboxylic acids is 1. The van der Waals surface area contributed by atoms with Crippen molar-refractivity contribution in [1.82, 2.24) is 0 Å². The molecule has 0 aliphatic rings. The molecule has 0 unspecified atom stereocenters. The van der Waals surface area contributed by atoms with Gasteiger partial charge in [0.25, 0.3) is 0 Å². The monoisotopic (exact) mass is 388 g/mol. The third-order valence-electron chi connectivity index (χ3n) is 4.45. The van der Waals surface area contributed by atoms with Crippen LogP contribution in [0.5, 0.6) is 11.5 Å². The van der Waals surface area contributed by atoms with Gasteiger partial charge in [0.05, 0.1) is 7.11 Å². The summed E-state index contributed by atoms with van der Waals surface area (Å²) in [6.07, 6.45) is 3.07. The molecule has 0 aromatic heterocycles. The van der Waals surface area contributed by atoms with Crippen molar-refractivity contribution in [3.63, 3.8) is 0 Å². The number of nitrogens with one attached hydrogen (secondary N) is 1. The van der Waals surface area contributed by atoms with E-state index in [4.69, 9.17) is 4.74 Å². The molecule has 29 heavy (non-hydrogen) atoms. The van der Waals surface area contributed by atoms with Gasteiger partial charge in [-0.05, 0) is 47.5 Å². The van der Waals surface area contributed by atoms with E-state index in [9.17, 15) is 9.90 Å². The highest BCUT2D eigenvalue weighted by Crippen LogP contribution is 2.26. The molecule has 0 radical (unpaired) electrons. The van der Waals surface area contributed by atoms with Crippen molar-refractivity contribution < 1.29 is 14.6 Å². The lowest BCUT2D eigenvalue weighted by Crippen LogP contribution is -2.16. The fraction of sp³-hybridized carbons (Fsp3) is 0.125. The van der Waals surface area contributed by atoms with Crippen LogP contribution in [0.25, 0.3) is 6.08 Å². The second kappa shape index (κ2) is 9.46. The molecule has 5 nitrogen and oxygen atoms in total. The Hall–Kier alpha value is -3.73. The lowest BCUT2D eigenvalue weighted by Gasteiger charge is -2.20. The molecule has 3 rings (SSSR count). The number of amides is 1. The maximum atomic E-state index is 12.3. The number of hydrogen-bond acceptors (Lipinski definition) is 4. The maximum Gasteiger partial charge on any atom is 0.248 e. The quantitative estimate of drug-likeness (QED) is 0.577. The second-order valence-electron chi connectivity index (χ2n) is 6.65. The van der Waals surface area contributed by atoms with Gasteiger partial charge in [0, 0.05) is 31.0 Å². The van der Waals surface area contributed by atoms with Crippen molar-refractivity contribution in [2.24, 2.45) is 0 Å². The van der Waals surface area contributed by atoms with Crippen LogP contribution in [0.2, 0.25) is 0 Å². The van der Waals surface area contributed by atoms with Gasteiger partial charge >= 0.3 is 0 Å². The Morgan fingerprint density at radius 2 is 1.86 bits per heavy atom. The summed E-state index contributed by atoms with van der Waals surface area (Å²) in [5.41, 5.74) is 3.65. The molecule has 0 fully saturated rings. The summed E-state index contributed by atoms with van der Waals surface area (Å²) in [5.74, 6) is 0.176. The molecule has 0 atom stereocenters. The predicted molar refractivity (Wildman–Crippen MR) is 117 cm³/mol. The van der Waals surface area contributed by atoms with Gasteiger partial charge < -0.3 is 20.1 Å². The number of nitrogens with zero attached hydrogens (tertiary/aromatic N) is 1. The first kappa shape index (κ1) is 20.0. The molecule has 5 heteroatoms. The largest absolute Gasteiger partial charge is 0.504 e. The molecule has 0 heterocycles. The minimum atomic E-state index is -0.247. The Morgan fingerprint density at radius 1 is 1.07 bits per heavy atom. The zero-order valence-electron chi connectivity index (χ0n) is 16.5. The van der Waals surface area contributed by atoms with Gasteiger partial charge in [0.2, 0.25) is 5.91 Å². The van der Waals surface area contributed by atoms with Crippen LogP contribution in [0.3, 0.4) is 0 Å². The maximum absolute atomic E-state index is 12.3. The fourth-order valence-corrected chi connectivity index (χ4v) is 2.94. The molecule has 3 aromatic rings. The van der Waals surface area contributed by atoms with Gasteiger partial charge in [-0.2, -0.15) is 0 Å². The van der Waals surface area contributed by atoms with Gasteiger partial charge in [0.1, 0.15) is 0 Å². The van der Waals surface area contributed by atoms with Gasteiger partial charge in [-0.3, -0.25) is 4.79 Å². The number of phenolic OH excluding ortho intramolecular Hbond substituents is 1. The highest BCUT2D eigenvalue weighted by molar-refractivity contribution is 6.02. The van der Waals surface area contributed by atoms with E-state index in [0.29, 0.717) is 11.3 Å². The van der Waals surface area contributed by atoms with Crippen LogP contribution in [0.15, 0.2) is 78.9 Å². The fourth-order valence-electron chi connectivity index (χ4n) is 2.94. The van der Waals surface area contributed by atoms with Crippen molar-refractivity contribution in [3.8, 4) is 11.5 Å². The molecule has 2 N–H and O–H groups in total. The summed E-state index contributed by atoms with van der Waals surface area (Å²) in [4.78, 5) is 14.4. The van der Waals surface area contributed by atoms with Crippen LogP contribution in [0.1, 0.15) is 11.1 Å². The van der Waals surface area contributed by atoms with E-state index in [0.717, 1.165) is 17.9 Å². The van der Waals surface area contributed by atoms with Crippen LogP contribution in [0.4, 0.5) is 11.4 Å². The highest BCUT2D eigenvalue weighted by atomic mass is 16.5. The van der Waals surface area contributed by atoms with E-state index >= 15 is 0 Å². The highest BCUT2D eigenvalue weighted by Gasteiger charge is 2.05. The van der Waals surface area contributed by atoms with E-state index in [2.05, 4.69) is 22.3 Å². The van der Waals surface area contributed by atoms with Crippen molar-refractivity contribution in [2.75, 3.05) is 24.4 Å². The summed E-state index contributed by atoms with van der Waals surface area (Å²) in [6, 6.07) is 22.9. The van der Waals surface area contributed by atoms with E-state index in [1.165, 1.54) is 18.7 Å². The SMILES string of the molecule is COc1ccc(C=CC(=O)Nc2cccc(N(C)Cc3ccccc3)c2)cc1O. The number of anilines is 2. The zero-order chi connectivity index (χ0) is 20.6. The number of hydrogen-bond donors (Lipinski definition) is 2. The average Bonchev–Trinajstić information content (AvgIpc) is 2.73. The molecule has 0 saturated carbocycles. The normalized spacial score (nSPS) is 10.7. The summed E-state index contributed by atoms with van der Waals surface area (Å²) in [6.45, 7) is 0.777. The molecule has 0 aliphatic carbocycles. The van der Waals surface area contributed by atoms with Crippen LogP contribution in [-0.4, -0.2) is 25.2 Å². The minimum absolute atomic E-state index is 0.0317. The Morgan fingerprint density at radius 3 is 2.59 bits per heavy atom. The van der Waals surface area contributed by atoms with Gasteiger partial charge in [-0.1, -0.05) is 42.5 Å². The van der Waals surface area contributed by atoms with Crippen molar-refractivity contribution in [2.45, 2.75) is 6.54 Å². The summed E-state index contributed by atoms with van der Waals surface area (Å²) >= 11 is 0. The first-order chi connectivity index (χ1) is 14.0. The standard InChI is InChI=1S/C24H24N2O3/c1-26(17-19-7-4-3-5-8-19)21-10-6-9-20(16-21)25-24(28)14-12-18-11-13-23(29-2)22(27)15-18/h3-16,27H,17H2,1-2H3,(H,25,28). The minimum Gasteiger partial charge on any atom is -0.504 e. The number of aromatic hydroxyl groups is 1. The number of phenols is 1. The van der Waals surface area contributed by atoms with Crippen molar-refractivity contribution in [3.05, 3.63) is 90.0 Å². The lowest BCUT2D eigenvalue weighted by atomic mass is 10.2. The topological polar surface area (TPSA) is 61.8 Å². The number of methoxy groups -OCH3 is 1. The van der Waals surface area contributed by atoms with Crippen LogP contribution < -0.4 is 15.0 Å². The Kier molecular flexibility index (Phi) is 6.53. The zero-order valence-corrected chi connectivity index (χ0v) is 16.5. The van der Waals surface area contributed by atoms with Crippen molar-refractivity contribution >= 4 is 23.4 Å². The van der Waals surface area contributed by atoms with Crippen LogP contribution >= 0.6 is 0 Å². The molecule has 0 bridgehead atoms. The Labute approximate surface area is 170 Å². The number of ether oxygens (including phenoxy) is 1. The molecule has 0 aliphatic heterocycles. The van der Waals surface area contributed by atoms with Crippen LogP contribution in [-0.2, 0) is 11.3 Å². The number of rotatable bonds is 7. The van der Waals surface area contributed by atoms with Gasteiger partial charge in [-0.15, -0.1) is 0 Å². The smallest absolute Gasteiger partial charge is 0.248 e. The first-order valence-corrected chi connectivity index (χ1v) is 9.26. The summed E-state index contributed by atoms with van der Waals surface area (Å²) in [7, 11) is 3.51. The Balaban J connectivity index is 1.63. The van der Waals surface area contributed by atoms with E-state index in [1.54, 1.807) is 24.3 Å².